The smallest absolute Gasteiger partial charge is 0.303 e. The molecule has 1 saturated heterocycles. The van der Waals surface area contributed by atoms with Crippen LogP contribution in [0.2, 0.25) is 0 Å². The molecule has 3 atom stereocenters. The third-order valence-electron chi connectivity index (χ3n) is 6.61. The van der Waals surface area contributed by atoms with Gasteiger partial charge in [0.05, 0.1) is 25.4 Å². The maximum atomic E-state index is 15.4. The predicted octanol–water partition coefficient (Wildman–Crippen LogP) is 4.29. The van der Waals surface area contributed by atoms with E-state index in [4.69, 9.17) is 4.74 Å². The number of likely N-dealkylation sites (tertiary alicyclic amines) is 1. The molecule has 0 radical (unpaired) electrons. The Labute approximate surface area is 204 Å². The van der Waals surface area contributed by atoms with Gasteiger partial charge in [-0.15, -0.1) is 0 Å². The molecule has 0 spiro atoms. The molecule has 0 saturated carbocycles. The van der Waals surface area contributed by atoms with E-state index in [1.54, 1.807) is 38.0 Å². The van der Waals surface area contributed by atoms with Gasteiger partial charge in [0.2, 0.25) is 0 Å². The number of aromatic nitrogens is 3. The molecule has 1 fully saturated rings. The van der Waals surface area contributed by atoms with Crippen molar-refractivity contribution >= 4 is 16.9 Å². The molecule has 1 aliphatic heterocycles. The zero-order valence-corrected chi connectivity index (χ0v) is 19.7. The van der Waals surface area contributed by atoms with Crippen molar-refractivity contribution in [2.45, 2.75) is 31.9 Å². The zero-order chi connectivity index (χ0) is 24.6. The van der Waals surface area contributed by atoms with E-state index in [1.165, 1.54) is 0 Å². The van der Waals surface area contributed by atoms with E-state index in [0.717, 1.165) is 23.9 Å². The van der Waals surface area contributed by atoms with Gasteiger partial charge in [-0.1, -0.05) is 5.92 Å². The third kappa shape index (κ3) is 6.52. The van der Waals surface area contributed by atoms with Gasteiger partial charge in [0.1, 0.15) is 17.6 Å². The maximum absolute atomic E-state index is 15.4. The molecule has 4 rings (SSSR count). The van der Waals surface area contributed by atoms with E-state index >= 15 is 4.39 Å². The Morgan fingerprint density at radius 3 is 2.91 bits per heavy atom. The van der Waals surface area contributed by atoms with E-state index in [0.29, 0.717) is 42.9 Å². The first kappa shape index (κ1) is 24.6. The number of halogens is 1. The largest absolute Gasteiger partial charge is 0.497 e. The number of pyridine rings is 1. The van der Waals surface area contributed by atoms with E-state index in [2.05, 4.69) is 31.7 Å². The van der Waals surface area contributed by atoms with Crippen LogP contribution in [-0.4, -0.2) is 57.7 Å². The summed E-state index contributed by atoms with van der Waals surface area (Å²) in [5.74, 6) is 6.05. The Hall–Kier alpha value is -3.57. The highest BCUT2D eigenvalue weighted by atomic mass is 19.1. The maximum Gasteiger partial charge on any atom is 0.303 e. The molecule has 0 amide bonds. The fourth-order valence-electron chi connectivity index (χ4n) is 4.80. The Balaban J connectivity index is 1.39. The van der Waals surface area contributed by atoms with Crippen LogP contribution in [0.15, 0.2) is 49.1 Å². The van der Waals surface area contributed by atoms with Crippen molar-refractivity contribution in [1.82, 2.24) is 19.9 Å². The third-order valence-corrected chi connectivity index (χ3v) is 6.61. The van der Waals surface area contributed by atoms with Crippen LogP contribution >= 0.6 is 0 Å². The topological polar surface area (TPSA) is 88.4 Å². The highest BCUT2D eigenvalue weighted by Crippen LogP contribution is 2.36. The van der Waals surface area contributed by atoms with Gasteiger partial charge < -0.3 is 9.84 Å². The average molecular weight is 477 g/mol. The number of nitrogens with zero attached hydrogens (tertiary/aromatic N) is 4. The Kier molecular flexibility index (Phi) is 8.22. The van der Waals surface area contributed by atoms with Crippen molar-refractivity contribution in [3.63, 3.8) is 0 Å². The number of carbonyl (C=O) groups is 1. The molecule has 1 N–H and O–H groups in total. The zero-order valence-electron chi connectivity index (χ0n) is 19.7. The lowest BCUT2D eigenvalue weighted by molar-refractivity contribution is -0.139. The second-order valence-corrected chi connectivity index (χ2v) is 8.86. The van der Waals surface area contributed by atoms with Crippen LogP contribution in [0.3, 0.4) is 0 Å². The van der Waals surface area contributed by atoms with Crippen LogP contribution in [0.4, 0.5) is 4.39 Å². The highest BCUT2D eigenvalue weighted by molar-refractivity contribution is 5.83. The first-order valence-corrected chi connectivity index (χ1v) is 11.8. The number of carboxylic acids is 1. The number of piperidine rings is 1. The fourth-order valence-corrected chi connectivity index (χ4v) is 4.80. The summed E-state index contributed by atoms with van der Waals surface area (Å²) in [6.45, 7) is 1.98. The molecule has 1 unspecified atom stereocenters. The summed E-state index contributed by atoms with van der Waals surface area (Å²) in [6, 6.07) is 7.18. The number of carboxylic acid groups (broad SMARTS) is 1. The van der Waals surface area contributed by atoms with Crippen molar-refractivity contribution in [3.8, 4) is 17.6 Å². The fraction of sp³-hybridized carbons (Fsp3) is 0.407. The molecule has 35 heavy (non-hydrogen) atoms. The molecule has 182 valence electrons. The van der Waals surface area contributed by atoms with E-state index in [9.17, 15) is 9.90 Å². The van der Waals surface area contributed by atoms with Gasteiger partial charge in [-0.25, -0.2) is 9.37 Å². The lowest BCUT2D eigenvalue weighted by atomic mass is 9.79. The first-order valence-electron chi connectivity index (χ1n) is 11.8. The van der Waals surface area contributed by atoms with Gasteiger partial charge in [0, 0.05) is 36.9 Å². The molecule has 0 bridgehead atoms. The number of fused-ring (bicyclic) bond motifs is 1. The second kappa shape index (κ2) is 11.7. The van der Waals surface area contributed by atoms with Crippen molar-refractivity contribution < 1.29 is 19.0 Å². The average Bonchev–Trinajstić information content (AvgIpc) is 2.87. The standard InChI is InChI=1S/C27H29FN4O3/c1-35-22-5-7-26-24(16-22)23(8-10-31-26)25(28)6-4-19-9-14-32(18-20(19)15-27(33)34)13-2-3-21-17-29-11-12-30-21/h5,7-8,10-12,16-17,19-20,25H,4,6,9,13-15,18H2,1H3,(H,33,34)/t19-,20+,25?/m1/s1. The molecule has 1 aromatic carbocycles. The van der Waals surface area contributed by atoms with Gasteiger partial charge in [0.15, 0.2) is 0 Å². The molecule has 7 nitrogen and oxygen atoms in total. The number of hydrogen-bond acceptors (Lipinski definition) is 6. The van der Waals surface area contributed by atoms with Gasteiger partial charge in [0.25, 0.3) is 0 Å². The van der Waals surface area contributed by atoms with Gasteiger partial charge in [-0.3, -0.25) is 19.7 Å². The predicted molar refractivity (Wildman–Crippen MR) is 131 cm³/mol. The summed E-state index contributed by atoms with van der Waals surface area (Å²) in [5.41, 5.74) is 1.94. The van der Waals surface area contributed by atoms with Crippen molar-refractivity contribution in [1.29, 1.82) is 0 Å². The summed E-state index contributed by atoms with van der Waals surface area (Å²) in [6.07, 6.45) is 7.15. The number of aliphatic carboxylic acids is 1. The number of ether oxygens (including phenoxy) is 1. The quantitative estimate of drug-likeness (QED) is 0.485. The Morgan fingerprint density at radius 2 is 2.14 bits per heavy atom. The minimum atomic E-state index is -1.16. The minimum absolute atomic E-state index is 0.0407. The minimum Gasteiger partial charge on any atom is -0.497 e. The van der Waals surface area contributed by atoms with Gasteiger partial charge in [-0.2, -0.15) is 0 Å². The Bertz CT molecular complexity index is 1210. The van der Waals surface area contributed by atoms with E-state index in [-0.39, 0.29) is 18.3 Å². The second-order valence-electron chi connectivity index (χ2n) is 8.86. The number of benzene rings is 1. The van der Waals surface area contributed by atoms with Crippen molar-refractivity contribution in [3.05, 3.63) is 60.3 Å². The molecule has 2 aromatic heterocycles. The van der Waals surface area contributed by atoms with E-state index < -0.39 is 12.1 Å². The molecular formula is C27H29FN4O3. The summed E-state index contributed by atoms with van der Waals surface area (Å²) in [4.78, 5) is 26.2. The highest BCUT2D eigenvalue weighted by Gasteiger charge is 2.31. The SMILES string of the molecule is COc1ccc2nccc(C(F)CC[C@@H]3CCN(CC#Cc4cnccn4)C[C@@H]3CC(=O)O)c2c1. The molecule has 3 heterocycles. The number of rotatable bonds is 8. The Morgan fingerprint density at radius 1 is 1.26 bits per heavy atom. The van der Waals surface area contributed by atoms with Crippen LogP contribution in [0, 0.1) is 23.7 Å². The van der Waals surface area contributed by atoms with Crippen LogP contribution in [0.1, 0.15) is 43.1 Å². The molecule has 0 aliphatic carbocycles. The summed E-state index contributed by atoms with van der Waals surface area (Å²) >= 11 is 0. The van der Waals surface area contributed by atoms with Crippen molar-refractivity contribution in [2.75, 3.05) is 26.7 Å². The van der Waals surface area contributed by atoms with Crippen LogP contribution in [0.25, 0.3) is 10.9 Å². The summed E-state index contributed by atoms with van der Waals surface area (Å²) in [5, 5.41) is 10.2. The van der Waals surface area contributed by atoms with E-state index in [1.807, 2.05) is 18.2 Å². The molecule has 3 aromatic rings. The summed E-state index contributed by atoms with van der Waals surface area (Å²) < 4.78 is 20.7. The van der Waals surface area contributed by atoms with Crippen molar-refractivity contribution in [2.24, 2.45) is 11.8 Å². The first-order chi connectivity index (χ1) is 17.0. The van der Waals surface area contributed by atoms with Gasteiger partial charge >= 0.3 is 5.97 Å². The lowest BCUT2D eigenvalue weighted by Crippen LogP contribution is -2.41. The molecular weight excluding hydrogens is 447 g/mol. The number of hydrogen-bond donors (Lipinski definition) is 1. The molecule has 8 heteroatoms. The summed E-state index contributed by atoms with van der Waals surface area (Å²) in [7, 11) is 1.58. The lowest BCUT2D eigenvalue weighted by Gasteiger charge is -2.37. The van der Waals surface area contributed by atoms with Crippen LogP contribution in [0.5, 0.6) is 5.75 Å². The number of methoxy groups -OCH3 is 1. The van der Waals surface area contributed by atoms with Crippen LogP contribution < -0.4 is 4.74 Å². The number of alkyl halides is 1. The normalized spacial score (nSPS) is 19.0. The van der Waals surface area contributed by atoms with Crippen LogP contribution in [-0.2, 0) is 4.79 Å². The van der Waals surface area contributed by atoms with Gasteiger partial charge in [-0.05, 0) is 73.4 Å². The monoisotopic (exact) mass is 476 g/mol. The molecule has 1 aliphatic rings.